The summed E-state index contributed by atoms with van der Waals surface area (Å²) in [5.74, 6) is 0.566. The number of thiazole rings is 1. The highest BCUT2D eigenvalue weighted by atomic mass is 32.1. The fraction of sp³-hybridized carbons (Fsp3) is 0.722. The van der Waals surface area contributed by atoms with Crippen molar-refractivity contribution in [1.29, 1.82) is 0 Å². The lowest BCUT2D eigenvalue weighted by Crippen LogP contribution is -2.50. The molecule has 8 heteroatoms. The fourth-order valence-electron chi connectivity index (χ4n) is 2.90. The van der Waals surface area contributed by atoms with Gasteiger partial charge in [0.15, 0.2) is 5.96 Å². The third kappa shape index (κ3) is 6.57. The Balaban J connectivity index is 1.72. The minimum atomic E-state index is -0.259. The van der Waals surface area contributed by atoms with Gasteiger partial charge in [0.2, 0.25) is 5.91 Å². The van der Waals surface area contributed by atoms with Crippen molar-refractivity contribution >= 4 is 23.2 Å². The number of nitrogens with one attached hydrogen (secondary N) is 2. The molecule has 1 aromatic rings. The molecule has 1 saturated heterocycles. The molecule has 0 saturated carbocycles. The second kappa shape index (κ2) is 9.32. The van der Waals surface area contributed by atoms with Crippen LogP contribution in [0.1, 0.15) is 44.3 Å². The third-order valence-corrected chi connectivity index (χ3v) is 5.39. The predicted molar refractivity (Wildman–Crippen MR) is 108 cm³/mol. The number of nitrogens with zero attached hydrogens (tertiary/aromatic N) is 3. The molecule has 0 unspecified atom stereocenters. The summed E-state index contributed by atoms with van der Waals surface area (Å²) in [7, 11) is 1.79. The number of carbonyl (C=O) groups is 1. The third-order valence-electron chi connectivity index (χ3n) is 4.48. The van der Waals surface area contributed by atoms with Crippen LogP contribution >= 0.6 is 11.3 Å². The molecule has 1 aliphatic heterocycles. The quantitative estimate of drug-likeness (QED) is 0.507. The van der Waals surface area contributed by atoms with E-state index in [0.29, 0.717) is 12.6 Å². The van der Waals surface area contributed by atoms with E-state index in [1.54, 1.807) is 18.4 Å². The van der Waals surface area contributed by atoms with Crippen molar-refractivity contribution in [3.8, 4) is 0 Å². The number of nitrogens with two attached hydrogens (primary N) is 1. The van der Waals surface area contributed by atoms with E-state index in [1.807, 2.05) is 0 Å². The molecule has 4 N–H and O–H groups in total. The molecule has 7 nitrogen and oxygen atoms in total. The van der Waals surface area contributed by atoms with Crippen molar-refractivity contribution in [2.45, 2.75) is 51.5 Å². The van der Waals surface area contributed by atoms with Crippen LogP contribution in [0.3, 0.4) is 0 Å². The van der Waals surface area contributed by atoms with E-state index in [9.17, 15) is 4.79 Å². The molecule has 0 aromatic carbocycles. The Morgan fingerprint density at radius 2 is 2.12 bits per heavy atom. The number of guanidine groups is 1. The molecule has 26 heavy (non-hydrogen) atoms. The average Bonchev–Trinajstić information content (AvgIpc) is 3.04. The molecule has 2 heterocycles. The van der Waals surface area contributed by atoms with E-state index in [1.165, 1.54) is 0 Å². The summed E-state index contributed by atoms with van der Waals surface area (Å²) in [4.78, 5) is 22.1. The van der Waals surface area contributed by atoms with Gasteiger partial charge < -0.3 is 16.4 Å². The monoisotopic (exact) mass is 380 g/mol. The molecular formula is C18H32N6OS. The van der Waals surface area contributed by atoms with Crippen LogP contribution in [-0.4, -0.2) is 61.0 Å². The Hall–Kier alpha value is -1.67. The summed E-state index contributed by atoms with van der Waals surface area (Å²) in [5.41, 5.74) is 6.51. The first-order valence-electron chi connectivity index (χ1n) is 9.20. The SMILES string of the molecule is CN=C(NCCc1nc(C(C)(C)C)cs1)NC1CCN(CC(N)=O)CC1. The van der Waals surface area contributed by atoms with Gasteiger partial charge in [0.25, 0.3) is 0 Å². The molecule has 1 fully saturated rings. The lowest BCUT2D eigenvalue weighted by molar-refractivity contribution is -0.119. The van der Waals surface area contributed by atoms with Crippen molar-refractivity contribution < 1.29 is 4.79 Å². The zero-order chi connectivity index (χ0) is 19.2. The predicted octanol–water partition coefficient (Wildman–Crippen LogP) is 1.10. The number of hydrogen-bond acceptors (Lipinski definition) is 5. The van der Waals surface area contributed by atoms with Gasteiger partial charge in [-0.1, -0.05) is 20.8 Å². The van der Waals surface area contributed by atoms with Crippen LogP contribution in [-0.2, 0) is 16.6 Å². The molecule has 0 aliphatic carbocycles. The van der Waals surface area contributed by atoms with E-state index in [-0.39, 0.29) is 11.3 Å². The maximum atomic E-state index is 11.0. The summed E-state index contributed by atoms with van der Waals surface area (Å²) in [5, 5.41) is 10.2. The van der Waals surface area contributed by atoms with Gasteiger partial charge in [-0.2, -0.15) is 0 Å². The maximum absolute atomic E-state index is 11.0. The van der Waals surface area contributed by atoms with Crippen LogP contribution in [0.4, 0.5) is 0 Å². The molecule has 146 valence electrons. The van der Waals surface area contributed by atoms with Crippen LogP contribution in [0.5, 0.6) is 0 Å². The van der Waals surface area contributed by atoms with E-state index < -0.39 is 0 Å². The number of aliphatic imine (C=N–C) groups is 1. The molecular weight excluding hydrogens is 348 g/mol. The lowest BCUT2D eigenvalue weighted by atomic mass is 9.93. The van der Waals surface area contributed by atoms with E-state index in [0.717, 1.165) is 55.6 Å². The van der Waals surface area contributed by atoms with Gasteiger partial charge in [0, 0.05) is 49.9 Å². The highest BCUT2D eigenvalue weighted by Gasteiger charge is 2.21. The topological polar surface area (TPSA) is 95.6 Å². The smallest absolute Gasteiger partial charge is 0.231 e. The molecule has 0 atom stereocenters. The highest BCUT2D eigenvalue weighted by Crippen LogP contribution is 2.23. The first-order chi connectivity index (χ1) is 12.3. The molecule has 0 bridgehead atoms. The van der Waals surface area contributed by atoms with Crippen molar-refractivity contribution in [3.05, 3.63) is 16.1 Å². The lowest BCUT2D eigenvalue weighted by Gasteiger charge is -2.32. The Bertz CT molecular complexity index is 613. The Kier molecular flexibility index (Phi) is 7.40. The zero-order valence-corrected chi connectivity index (χ0v) is 17.2. The summed E-state index contributed by atoms with van der Waals surface area (Å²) in [6.07, 6.45) is 2.85. The van der Waals surface area contributed by atoms with Crippen molar-refractivity contribution in [2.75, 3.05) is 33.2 Å². The molecule has 1 amide bonds. The molecule has 0 spiro atoms. The fourth-order valence-corrected chi connectivity index (χ4v) is 3.93. The van der Waals surface area contributed by atoms with Crippen LogP contribution in [0.15, 0.2) is 10.4 Å². The van der Waals surface area contributed by atoms with Gasteiger partial charge in [0.05, 0.1) is 17.2 Å². The minimum Gasteiger partial charge on any atom is -0.369 e. The summed E-state index contributed by atoms with van der Waals surface area (Å²) >= 11 is 1.72. The number of primary amides is 1. The van der Waals surface area contributed by atoms with E-state index in [4.69, 9.17) is 10.7 Å². The number of rotatable bonds is 6. The number of aromatic nitrogens is 1. The number of likely N-dealkylation sites (tertiary alicyclic amines) is 1. The Morgan fingerprint density at radius 3 is 2.65 bits per heavy atom. The van der Waals surface area contributed by atoms with Crippen LogP contribution in [0.2, 0.25) is 0 Å². The second-order valence-corrected chi connectivity index (χ2v) is 8.73. The molecule has 0 radical (unpaired) electrons. The van der Waals surface area contributed by atoms with Crippen LogP contribution in [0.25, 0.3) is 0 Å². The number of hydrogen-bond donors (Lipinski definition) is 3. The summed E-state index contributed by atoms with van der Waals surface area (Å²) < 4.78 is 0. The van der Waals surface area contributed by atoms with E-state index in [2.05, 4.69) is 46.7 Å². The number of piperidine rings is 1. The van der Waals surface area contributed by atoms with Gasteiger partial charge in [-0.05, 0) is 12.8 Å². The van der Waals surface area contributed by atoms with Gasteiger partial charge in [0.1, 0.15) is 0 Å². The standard InChI is InChI=1S/C18H32N6OS/c1-18(2,3)14-12-26-16(23-14)5-8-21-17(20-4)22-13-6-9-24(10-7-13)11-15(19)25/h12-13H,5-11H2,1-4H3,(H2,19,25)(H2,20,21,22). The van der Waals surface area contributed by atoms with Gasteiger partial charge >= 0.3 is 0 Å². The number of carbonyl (C=O) groups excluding carboxylic acids is 1. The minimum absolute atomic E-state index is 0.100. The van der Waals surface area contributed by atoms with E-state index >= 15 is 0 Å². The number of amides is 1. The maximum Gasteiger partial charge on any atom is 0.231 e. The molecule has 1 aliphatic rings. The second-order valence-electron chi connectivity index (χ2n) is 7.79. The Morgan fingerprint density at radius 1 is 1.42 bits per heavy atom. The van der Waals surface area contributed by atoms with Crippen molar-refractivity contribution in [3.63, 3.8) is 0 Å². The van der Waals surface area contributed by atoms with Crippen LogP contribution in [0, 0.1) is 0 Å². The normalized spacial score (nSPS) is 17.3. The van der Waals surface area contributed by atoms with Gasteiger partial charge in [-0.25, -0.2) is 4.98 Å². The summed E-state index contributed by atoms with van der Waals surface area (Å²) in [6.45, 7) is 9.47. The van der Waals surface area contributed by atoms with Crippen LogP contribution < -0.4 is 16.4 Å². The highest BCUT2D eigenvalue weighted by molar-refractivity contribution is 7.09. The molecule has 2 rings (SSSR count). The Labute approximate surface area is 160 Å². The summed E-state index contributed by atoms with van der Waals surface area (Å²) in [6, 6.07) is 0.373. The van der Waals surface area contributed by atoms with Gasteiger partial charge in [-0.15, -0.1) is 11.3 Å². The van der Waals surface area contributed by atoms with Gasteiger partial charge in [-0.3, -0.25) is 14.7 Å². The first kappa shape index (κ1) is 20.6. The van der Waals surface area contributed by atoms with Crippen molar-refractivity contribution in [1.82, 2.24) is 20.5 Å². The largest absolute Gasteiger partial charge is 0.369 e. The average molecular weight is 381 g/mol. The first-order valence-corrected chi connectivity index (χ1v) is 10.1. The van der Waals surface area contributed by atoms with Crippen molar-refractivity contribution in [2.24, 2.45) is 10.7 Å². The molecule has 1 aromatic heterocycles. The zero-order valence-electron chi connectivity index (χ0n) is 16.3.